The minimum atomic E-state index is -4.49. The Hall–Kier alpha value is -3.36. The van der Waals surface area contributed by atoms with E-state index in [1.54, 1.807) is 6.92 Å². The quantitative estimate of drug-likeness (QED) is 0.659. The molecule has 2 aromatic carbocycles. The highest BCUT2D eigenvalue weighted by atomic mass is 19.4. The monoisotopic (exact) mass is 393 g/mol. The molecule has 1 aromatic heterocycles. The summed E-state index contributed by atoms with van der Waals surface area (Å²) in [4.78, 5) is 12.6. The van der Waals surface area contributed by atoms with Crippen LogP contribution in [-0.2, 0) is 6.18 Å². The number of amides is 1. The fourth-order valence-electron chi connectivity index (χ4n) is 2.66. The maximum absolute atomic E-state index is 13.3. The van der Waals surface area contributed by atoms with Crippen LogP contribution in [0.5, 0.6) is 5.75 Å². The first-order valence-electron chi connectivity index (χ1n) is 8.08. The first-order valence-corrected chi connectivity index (χ1v) is 8.08. The Bertz CT molecular complexity index is 1030. The molecule has 146 valence electrons. The van der Waals surface area contributed by atoms with Gasteiger partial charge in [0.25, 0.3) is 5.91 Å². The lowest BCUT2D eigenvalue weighted by Gasteiger charge is -2.11. The molecule has 0 unspecified atom stereocenters. The summed E-state index contributed by atoms with van der Waals surface area (Å²) in [5.41, 5.74) is 0.106. The van der Waals surface area contributed by atoms with Gasteiger partial charge in [0.1, 0.15) is 11.6 Å². The zero-order chi connectivity index (χ0) is 20.5. The third-order valence-electron chi connectivity index (χ3n) is 4.08. The third kappa shape index (κ3) is 3.83. The Kier molecular flexibility index (Phi) is 5.08. The molecule has 0 bridgehead atoms. The summed E-state index contributed by atoms with van der Waals surface area (Å²) in [6.45, 7) is 1.56. The summed E-state index contributed by atoms with van der Waals surface area (Å²) in [6, 6.07) is 8.26. The molecule has 5 nitrogen and oxygen atoms in total. The molecule has 3 rings (SSSR count). The van der Waals surface area contributed by atoms with Crippen molar-refractivity contribution in [3.63, 3.8) is 0 Å². The van der Waals surface area contributed by atoms with E-state index >= 15 is 0 Å². The Balaban J connectivity index is 1.90. The largest absolute Gasteiger partial charge is 0.494 e. The van der Waals surface area contributed by atoms with E-state index in [-0.39, 0.29) is 22.7 Å². The molecule has 0 atom stereocenters. The number of nitrogens with zero attached hydrogens (tertiary/aromatic N) is 2. The van der Waals surface area contributed by atoms with Crippen molar-refractivity contribution in [2.75, 3.05) is 12.4 Å². The van der Waals surface area contributed by atoms with Gasteiger partial charge in [-0.3, -0.25) is 4.79 Å². The van der Waals surface area contributed by atoms with Crippen molar-refractivity contribution in [2.45, 2.75) is 13.1 Å². The minimum Gasteiger partial charge on any atom is -0.494 e. The van der Waals surface area contributed by atoms with Crippen LogP contribution < -0.4 is 10.1 Å². The lowest BCUT2D eigenvalue weighted by molar-refractivity contribution is -0.137. The topological polar surface area (TPSA) is 56.1 Å². The number of aromatic nitrogens is 2. The number of carbonyl (C=O) groups excluding carboxylic acids is 1. The molecule has 0 spiro atoms. The van der Waals surface area contributed by atoms with Gasteiger partial charge in [0.05, 0.1) is 41.5 Å². The van der Waals surface area contributed by atoms with Crippen LogP contribution in [0.25, 0.3) is 5.69 Å². The van der Waals surface area contributed by atoms with Crippen LogP contribution in [-0.4, -0.2) is 22.8 Å². The van der Waals surface area contributed by atoms with Crippen LogP contribution >= 0.6 is 0 Å². The second-order valence-electron chi connectivity index (χ2n) is 5.90. The summed E-state index contributed by atoms with van der Waals surface area (Å²) in [6.07, 6.45) is -3.24. The van der Waals surface area contributed by atoms with Crippen LogP contribution in [0.1, 0.15) is 21.6 Å². The Morgan fingerprint density at radius 3 is 2.61 bits per heavy atom. The van der Waals surface area contributed by atoms with Gasteiger partial charge in [0, 0.05) is 6.07 Å². The first kappa shape index (κ1) is 19.4. The Labute approximate surface area is 157 Å². The van der Waals surface area contributed by atoms with E-state index in [0.29, 0.717) is 5.69 Å². The zero-order valence-electron chi connectivity index (χ0n) is 14.8. The van der Waals surface area contributed by atoms with E-state index in [1.165, 1.54) is 36.2 Å². The first-order chi connectivity index (χ1) is 13.2. The van der Waals surface area contributed by atoms with Gasteiger partial charge in [-0.05, 0) is 37.3 Å². The van der Waals surface area contributed by atoms with Gasteiger partial charge in [0.2, 0.25) is 0 Å². The summed E-state index contributed by atoms with van der Waals surface area (Å²) in [5, 5.41) is 6.61. The SMILES string of the molecule is COc1cc(F)ccc1NC(=O)c1cnn(-c2cccc(C(F)(F)F)c2)c1C. The number of carbonyl (C=O) groups is 1. The summed E-state index contributed by atoms with van der Waals surface area (Å²) in [5.74, 6) is -0.944. The molecule has 0 fully saturated rings. The molecule has 0 aliphatic heterocycles. The Morgan fingerprint density at radius 2 is 1.93 bits per heavy atom. The molecule has 0 aliphatic rings. The number of ether oxygens (including phenoxy) is 1. The van der Waals surface area contributed by atoms with E-state index < -0.39 is 23.5 Å². The van der Waals surface area contributed by atoms with E-state index in [1.807, 2.05) is 0 Å². The number of halogens is 4. The molecule has 28 heavy (non-hydrogen) atoms. The number of nitrogens with one attached hydrogen (secondary N) is 1. The fourth-order valence-corrected chi connectivity index (χ4v) is 2.66. The molecular formula is C19H15F4N3O2. The maximum Gasteiger partial charge on any atom is 0.416 e. The van der Waals surface area contributed by atoms with Crippen molar-refractivity contribution < 1.29 is 27.1 Å². The number of benzene rings is 2. The highest BCUT2D eigenvalue weighted by Crippen LogP contribution is 2.31. The van der Waals surface area contributed by atoms with Crippen molar-refractivity contribution in [2.24, 2.45) is 0 Å². The summed E-state index contributed by atoms with van der Waals surface area (Å²) >= 11 is 0. The van der Waals surface area contributed by atoms with E-state index in [4.69, 9.17) is 4.74 Å². The van der Waals surface area contributed by atoms with Crippen LogP contribution in [0.2, 0.25) is 0 Å². The predicted molar refractivity (Wildman–Crippen MR) is 94.2 cm³/mol. The van der Waals surface area contributed by atoms with Crippen molar-refractivity contribution in [3.8, 4) is 11.4 Å². The summed E-state index contributed by atoms with van der Waals surface area (Å²) < 4.78 is 58.3. The molecule has 0 aliphatic carbocycles. The van der Waals surface area contributed by atoms with Gasteiger partial charge in [-0.15, -0.1) is 0 Å². The number of methoxy groups -OCH3 is 1. The highest BCUT2D eigenvalue weighted by Gasteiger charge is 2.30. The molecule has 9 heteroatoms. The zero-order valence-corrected chi connectivity index (χ0v) is 14.8. The van der Waals surface area contributed by atoms with E-state index in [2.05, 4.69) is 10.4 Å². The maximum atomic E-state index is 13.3. The average molecular weight is 393 g/mol. The van der Waals surface area contributed by atoms with Crippen LogP contribution in [0.4, 0.5) is 23.2 Å². The molecule has 0 radical (unpaired) electrons. The molecule has 1 heterocycles. The normalized spacial score (nSPS) is 11.4. The Morgan fingerprint density at radius 1 is 1.18 bits per heavy atom. The fraction of sp³-hybridized carbons (Fsp3) is 0.158. The van der Waals surface area contributed by atoms with Gasteiger partial charge in [-0.25, -0.2) is 9.07 Å². The second kappa shape index (κ2) is 7.34. The highest BCUT2D eigenvalue weighted by molar-refractivity contribution is 6.05. The van der Waals surface area contributed by atoms with Gasteiger partial charge in [0.15, 0.2) is 0 Å². The van der Waals surface area contributed by atoms with Crippen molar-refractivity contribution in [1.29, 1.82) is 0 Å². The van der Waals surface area contributed by atoms with Gasteiger partial charge in [-0.2, -0.15) is 18.3 Å². The molecule has 0 saturated heterocycles. The predicted octanol–water partition coefficient (Wildman–Crippen LogP) is 4.60. The van der Waals surface area contributed by atoms with Crippen molar-refractivity contribution >= 4 is 11.6 Å². The standard InChI is InChI=1S/C19H15F4N3O2/c1-11-15(18(27)25-16-7-6-13(20)9-17(16)28-2)10-24-26(11)14-5-3-4-12(8-14)19(21,22)23/h3-10H,1-2H3,(H,25,27). The number of hydrogen-bond acceptors (Lipinski definition) is 3. The summed E-state index contributed by atoms with van der Waals surface area (Å²) in [7, 11) is 1.33. The van der Waals surface area contributed by atoms with Gasteiger partial charge in [-0.1, -0.05) is 6.07 Å². The molecule has 3 aromatic rings. The minimum absolute atomic E-state index is 0.135. The molecule has 1 amide bonds. The average Bonchev–Trinajstić information content (AvgIpc) is 3.04. The smallest absolute Gasteiger partial charge is 0.416 e. The van der Waals surface area contributed by atoms with Crippen molar-refractivity contribution in [3.05, 3.63) is 71.3 Å². The van der Waals surface area contributed by atoms with Crippen LogP contribution in [0.15, 0.2) is 48.7 Å². The van der Waals surface area contributed by atoms with E-state index in [0.717, 1.165) is 24.3 Å². The third-order valence-corrected chi connectivity index (χ3v) is 4.08. The molecular weight excluding hydrogens is 378 g/mol. The molecule has 1 N–H and O–H groups in total. The van der Waals surface area contributed by atoms with Gasteiger partial charge >= 0.3 is 6.18 Å². The number of rotatable bonds is 4. The number of alkyl halides is 3. The second-order valence-corrected chi connectivity index (χ2v) is 5.90. The van der Waals surface area contributed by atoms with Gasteiger partial charge < -0.3 is 10.1 Å². The van der Waals surface area contributed by atoms with Crippen LogP contribution in [0.3, 0.4) is 0 Å². The van der Waals surface area contributed by atoms with E-state index in [9.17, 15) is 22.4 Å². The number of anilines is 1. The van der Waals surface area contributed by atoms with Crippen LogP contribution in [0, 0.1) is 12.7 Å². The molecule has 0 saturated carbocycles. The van der Waals surface area contributed by atoms with Crippen molar-refractivity contribution in [1.82, 2.24) is 9.78 Å². The lowest BCUT2D eigenvalue weighted by Crippen LogP contribution is -2.14. The number of hydrogen-bond donors (Lipinski definition) is 1. The lowest BCUT2D eigenvalue weighted by atomic mass is 10.2.